The van der Waals surface area contributed by atoms with Gasteiger partial charge in [0.25, 0.3) is 5.89 Å². The van der Waals surface area contributed by atoms with Gasteiger partial charge in [-0.25, -0.2) is 0 Å². The Morgan fingerprint density at radius 2 is 2.44 bits per heavy atom. The maximum atomic E-state index is 5.18. The second-order valence-electron chi connectivity index (χ2n) is 4.07. The first-order valence-corrected chi connectivity index (χ1v) is 5.49. The molecule has 0 aromatic carbocycles. The molecule has 1 fully saturated rings. The normalized spacial score (nSPS) is 24.6. The van der Waals surface area contributed by atoms with Crippen molar-refractivity contribution in [3.63, 3.8) is 0 Å². The van der Waals surface area contributed by atoms with Crippen molar-refractivity contribution in [2.75, 3.05) is 33.8 Å². The first-order valence-electron chi connectivity index (χ1n) is 5.49. The molecule has 0 radical (unpaired) electrons. The number of rotatable bonds is 3. The maximum Gasteiger partial charge on any atom is 0.255 e. The molecule has 0 aliphatic carbocycles. The third-order valence-corrected chi connectivity index (χ3v) is 2.97. The molecule has 0 bridgehead atoms. The Kier molecular flexibility index (Phi) is 3.52. The van der Waals surface area contributed by atoms with Crippen molar-refractivity contribution in [2.45, 2.75) is 19.1 Å². The molecule has 0 spiro atoms. The molecular weight excluding hydrogens is 208 g/mol. The lowest BCUT2D eigenvalue weighted by Gasteiger charge is -2.30. The molecule has 16 heavy (non-hydrogen) atoms. The molecule has 2 rings (SSSR count). The van der Waals surface area contributed by atoms with Gasteiger partial charge in [-0.05, 0) is 14.0 Å². The van der Waals surface area contributed by atoms with Gasteiger partial charge in [-0.3, -0.25) is 4.90 Å². The minimum absolute atomic E-state index is 0.150. The van der Waals surface area contributed by atoms with Crippen molar-refractivity contribution in [1.82, 2.24) is 20.4 Å². The summed E-state index contributed by atoms with van der Waals surface area (Å²) in [4.78, 5) is 6.60. The molecule has 2 heterocycles. The molecule has 90 valence electrons. The van der Waals surface area contributed by atoms with Crippen molar-refractivity contribution >= 4 is 0 Å². The second-order valence-corrected chi connectivity index (χ2v) is 4.07. The van der Waals surface area contributed by atoms with E-state index in [0.29, 0.717) is 5.89 Å². The average molecular weight is 226 g/mol. The van der Waals surface area contributed by atoms with E-state index in [1.54, 1.807) is 7.11 Å². The molecule has 2 atom stereocenters. The van der Waals surface area contributed by atoms with Crippen LogP contribution in [0.5, 0.6) is 0 Å². The van der Waals surface area contributed by atoms with Crippen LogP contribution in [-0.2, 0) is 4.74 Å². The molecule has 1 aromatic rings. The zero-order valence-corrected chi connectivity index (χ0v) is 9.93. The summed E-state index contributed by atoms with van der Waals surface area (Å²) in [5, 5.41) is 7.33. The van der Waals surface area contributed by atoms with E-state index in [9.17, 15) is 0 Å². The van der Waals surface area contributed by atoms with Gasteiger partial charge in [-0.1, -0.05) is 5.16 Å². The predicted molar refractivity (Wildman–Crippen MR) is 58.0 cm³/mol. The Bertz CT molecular complexity index is 341. The smallest absolute Gasteiger partial charge is 0.255 e. The molecule has 1 saturated heterocycles. The van der Waals surface area contributed by atoms with E-state index in [4.69, 9.17) is 9.26 Å². The number of piperazine rings is 1. The number of hydrogen-bond donors (Lipinski definition) is 1. The quantitative estimate of drug-likeness (QED) is 0.802. The molecule has 6 nitrogen and oxygen atoms in total. The Hall–Kier alpha value is -0.980. The molecule has 1 aliphatic heterocycles. The van der Waals surface area contributed by atoms with Gasteiger partial charge in [-0.15, -0.1) is 0 Å². The maximum absolute atomic E-state index is 5.18. The van der Waals surface area contributed by atoms with Crippen LogP contribution in [0.15, 0.2) is 4.52 Å². The summed E-state index contributed by atoms with van der Waals surface area (Å²) in [6, 6.07) is 0.190. The van der Waals surface area contributed by atoms with Crippen LogP contribution < -0.4 is 5.32 Å². The van der Waals surface area contributed by atoms with Crippen LogP contribution in [0.4, 0.5) is 0 Å². The summed E-state index contributed by atoms with van der Waals surface area (Å²) >= 11 is 0. The van der Waals surface area contributed by atoms with E-state index >= 15 is 0 Å². The lowest BCUT2D eigenvalue weighted by molar-refractivity contribution is 0.0885. The molecule has 1 aromatic heterocycles. The third kappa shape index (κ3) is 2.23. The summed E-state index contributed by atoms with van der Waals surface area (Å²) in [7, 11) is 3.70. The fraction of sp³-hybridized carbons (Fsp3) is 0.800. The lowest BCUT2D eigenvalue weighted by atomic mass is 10.2. The number of hydrogen-bond acceptors (Lipinski definition) is 6. The largest absolute Gasteiger partial charge is 0.372 e. The van der Waals surface area contributed by atoms with E-state index in [2.05, 4.69) is 27.4 Å². The summed E-state index contributed by atoms with van der Waals surface area (Å²) < 4.78 is 10.3. The number of nitrogens with zero attached hydrogens (tertiary/aromatic N) is 3. The summed E-state index contributed by atoms with van der Waals surface area (Å²) in [5.41, 5.74) is 0. The molecule has 0 amide bonds. The van der Waals surface area contributed by atoms with Gasteiger partial charge >= 0.3 is 0 Å². The van der Waals surface area contributed by atoms with E-state index < -0.39 is 0 Å². The fourth-order valence-corrected chi connectivity index (χ4v) is 1.74. The van der Waals surface area contributed by atoms with Crippen LogP contribution >= 0.6 is 0 Å². The Morgan fingerprint density at radius 1 is 1.62 bits per heavy atom. The monoisotopic (exact) mass is 226 g/mol. The van der Waals surface area contributed by atoms with Gasteiger partial charge < -0.3 is 14.6 Å². The first kappa shape index (κ1) is 11.5. The van der Waals surface area contributed by atoms with Gasteiger partial charge in [0.15, 0.2) is 5.82 Å². The number of likely N-dealkylation sites (N-methyl/N-ethyl adjacent to an activating group) is 1. The zero-order chi connectivity index (χ0) is 11.5. The molecule has 1 N–H and O–H groups in total. The first-order chi connectivity index (χ1) is 7.72. The summed E-state index contributed by atoms with van der Waals surface area (Å²) in [6.07, 6.45) is -0.150. The van der Waals surface area contributed by atoms with Gasteiger partial charge in [0.2, 0.25) is 0 Å². The highest BCUT2D eigenvalue weighted by molar-refractivity contribution is 4.98. The van der Waals surface area contributed by atoms with Gasteiger partial charge in [0.1, 0.15) is 6.10 Å². The second kappa shape index (κ2) is 4.90. The highest BCUT2D eigenvalue weighted by atomic mass is 16.5. The molecule has 6 heteroatoms. The predicted octanol–water partition coefficient (Wildman–Crippen LogP) is 0.353. The number of methoxy groups -OCH3 is 1. The SMILES string of the molecule is COC(C)c1nc(C2CNCCN2C)no1. The minimum Gasteiger partial charge on any atom is -0.372 e. The van der Waals surface area contributed by atoms with E-state index in [1.165, 1.54) is 0 Å². The van der Waals surface area contributed by atoms with E-state index in [1.807, 2.05) is 6.92 Å². The highest BCUT2D eigenvalue weighted by Gasteiger charge is 2.26. The van der Waals surface area contributed by atoms with Crippen molar-refractivity contribution in [1.29, 1.82) is 0 Å². The average Bonchev–Trinajstić information content (AvgIpc) is 2.78. The van der Waals surface area contributed by atoms with Gasteiger partial charge in [0, 0.05) is 26.7 Å². The minimum atomic E-state index is -0.150. The molecule has 2 unspecified atom stereocenters. The lowest BCUT2D eigenvalue weighted by Crippen LogP contribution is -2.44. The topological polar surface area (TPSA) is 63.4 Å². The highest BCUT2D eigenvalue weighted by Crippen LogP contribution is 2.20. The summed E-state index contributed by atoms with van der Waals surface area (Å²) in [5.74, 6) is 1.27. The summed E-state index contributed by atoms with van der Waals surface area (Å²) in [6.45, 7) is 4.75. The van der Waals surface area contributed by atoms with Crippen molar-refractivity contribution in [3.05, 3.63) is 11.7 Å². The van der Waals surface area contributed by atoms with Crippen LogP contribution in [0.2, 0.25) is 0 Å². The van der Waals surface area contributed by atoms with Crippen molar-refractivity contribution in [3.8, 4) is 0 Å². The van der Waals surface area contributed by atoms with Gasteiger partial charge in [-0.2, -0.15) is 4.98 Å². The van der Waals surface area contributed by atoms with Crippen LogP contribution in [0.1, 0.15) is 30.8 Å². The molecule has 0 saturated carbocycles. The van der Waals surface area contributed by atoms with Crippen LogP contribution in [0.3, 0.4) is 0 Å². The number of ether oxygens (including phenoxy) is 1. The Labute approximate surface area is 95.0 Å². The van der Waals surface area contributed by atoms with Crippen molar-refractivity contribution in [2.24, 2.45) is 0 Å². The molecule has 1 aliphatic rings. The van der Waals surface area contributed by atoms with Crippen LogP contribution in [-0.4, -0.2) is 48.8 Å². The zero-order valence-electron chi connectivity index (χ0n) is 9.93. The van der Waals surface area contributed by atoms with Crippen LogP contribution in [0, 0.1) is 0 Å². The number of nitrogens with one attached hydrogen (secondary N) is 1. The van der Waals surface area contributed by atoms with Crippen molar-refractivity contribution < 1.29 is 9.26 Å². The fourth-order valence-electron chi connectivity index (χ4n) is 1.74. The Morgan fingerprint density at radius 3 is 3.12 bits per heavy atom. The number of aromatic nitrogens is 2. The van der Waals surface area contributed by atoms with Crippen LogP contribution in [0.25, 0.3) is 0 Å². The molecular formula is C10H18N4O2. The van der Waals surface area contributed by atoms with E-state index in [-0.39, 0.29) is 12.1 Å². The van der Waals surface area contributed by atoms with Gasteiger partial charge in [0.05, 0.1) is 6.04 Å². The van der Waals surface area contributed by atoms with E-state index in [0.717, 1.165) is 25.5 Å². The third-order valence-electron chi connectivity index (χ3n) is 2.97. The standard InChI is InChI=1S/C10H18N4O2/c1-7(15-3)10-12-9(13-16-10)8-6-11-4-5-14(8)2/h7-8,11H,4-6H2,1-3H3. The Balaban J connectivity index is 2.11.